The number of hydrogen-bond acceptors (Lipinski definition) is 6. The van der Waals surface area contributed by atoms with Gasteiger partial charge in [0, 0.05) is 18.3 Å². The first-order chi connectivity index (χ1) is 13.8. The smallest absolute Gasteiger partial charge is 0.326 e. The molecule has 9 nitrogen and oxygen atoms in total. The standard InChI is InChI=1S/C20H17N3O6/c1-12(24)21-13-6-8-14(9-7-13)22-17(25)11-29-18(26)10-23-19(27)15-4-2-3-5-16(15)20(23)28/h2-9H,10-11H2,1H3,(H,21,24)(H,22,25). The van der Waals surface area contributed by atoms with Crippen LogP contribution in [0.1, 0.15) is 27.6 Å². The van der Waals surface area contributed by atoms with Gasteiger partial charge in [0.1, 0.15) is 6.54 Å². The van der Waals surface area contributed by atoms with E-state index < -0.39 is 36.8 Å². The van der Waals surface area contributed by atoms with Gasteiger partial charge in [-0.05, 0) is 36.4 Å². The molecule has 0 saturated carbocycles. The molecule has 1 heterocycles. The predicted molar refractivity (Wildman–Crippen MR) is 102 cm³/mol. The maximum absolute atomic E-state index is 12.2. The molecule has 0 fully saturated rings. The highest BCUT2D eigenvalue weighted by atomic mass is 16.5. The van der Waals surface area contributed by atoms with Crippen LogP contribution in [-0.2, 0) is 19.1 Å². The molecule has 0 bridgehead atoms. The monoisotopic (exact) mass is 395 g/mol. The number of rotatable bonds is 6. The Morgan fingerprint density at radius 2 is 1.38 bits per heavy atom. The number of esters is 1. The van der Waals surface area contributed by atoms with Crippen LogP contribution in [-0.4, -0.2) is 47.6 Å². The molecule has 0 radical (unpaired) electrons. The van der Waals surface area contributed by atoms with Crippen LogP contribution in [0.4, 0.5) is 11.4 Å². The first-order valence-corrected chi connectivity index (χ1v) is 8.63. The normalized spacial score (nSPS) is 12.4. The van der Waals surface area contributed by atoms with Crippen molar-refractivity contribution in [3.8, 4) is 0 Å². The van der Waals surface area contributed by atoms with E-state index >= 15 is 0 Å². The number of hydrogen-bond donors (Lipinski definition) is 2. The minimum Gasteiger partial charge on any atom is -0.454 e. The van der Waals surface area contributed by atoms with E-state index in [-0.39, 0.29) is 17.0 Å². The second kappa shape index (κ2) is 8.34. The van der Waals surface area contributed by atoms with Gasteiger partial charge in [-0.3, -0.25) is 28.9 Å². The Kier molecular flexibility index (Phi) is 5.68. The van der Waals surface area contributed by atoms with E-state index in [1.54, 1.807) is 36.4 Å². The number of nitrogens with one attached hydrogen (secondary N) is 2. The van der Waals surface area contributed by atoms with Crippen LogP contribution in [0.15, 0.2) is 48.5 Å². The lowest BCUT2D eigenvalue weighted by Crippen LogP contribution is -2.36. The van der Waals surface area contributed by atoms with E-state index in [0.717, 1.165) is 4.90 Å². The molecule has 1 aliphatic rings. The van der Waals surface area contributed by atoms with Crippen molar-refractivity contribution in [1.29, 1.82) is 0 Å². The van der Waals surface area contributed by atoms with Crippen molar-refractivity contribution in [3.05, 3.63) is 59.7 Å². The second-order valence-corrected chi connectivity index (χ2v) is 6.21. The molecule has 4 amide bonds. The summed E-state index contributed by atoms with van der Waals surface area (Å²) in [5, 5.41) is 5.12. The van der Waals surface area contributed by atoms with Gasteiger partial charge >= 0.3 is 5.97 Å². The summed E-state index contributed by atoms with van der Waals surface area (Å²) in [6.07, 6.45) is 0. The summed E-state index contributed by atoms with van der Waals surface area (Å²) < 4.78 is 4.86. The molecule has 0 saturated heterocycles. The highest BCUT2D eigenvalue weighted by Crippen LogP contribution is 2.22. The molecule has 9 heteroatoms. The van der Waals surface area contributed by atoms with E-state index in [9.17, 15) is 24.0 Å². The zero-order valence-electron chi connectivity index (χ0n) is 15.4. The van der Waals surface area contributed by atoms with Crippen LogP contribution in [0.5, 0.6) is 0 Å². The van der Waals surface area contributed by atoms with Gasteiger partial charge in [-0.15, -0.1) is 0 Å². The first-order valence-electron chi connectivity index (χ1n) is 8.63. The maximum atomic E-state index is 12.2. The molecular formula is C20H17N3O6. The molecule has 0 unspecified atom stereocenters. The number of carbonyl (C=O) groups is 5. The third-order valence-corrected chi connectivity index (χ3v) is 4.02. The Labute approximate surface area is 165 Å². The highest BCUT2D eigenvalue weighted by Gasteiger charge is 2.36. The van der Waals surface area contributed by atoms with Gasteiger partial charge in [-0.25, -0.2) is 0 Å². The summed E-state index contributed by atoms with van der Waals surface area (Å²) in [4.78, 5) is 60.1. The molecule has 2 N–H and O–H groups in total. The van der Waals surface area contributed by atoms with Gasteiger partial charge in [0.25, 0.3) is 17.7 Å². The average Bonchev–Trinajstić information content (AvgIpc) is 2.93. The molecule has 29 heavy (non-hydrogen) atoms. The zero-order chi connectivity index (χ0) is 21.0. The van der Waals surface area contributed by atoms with Crippen LogP contribution < -0.4 is 10.6 Å². The van der Waals surface area contributed by atoms with Crippen molar-refractivity contribution >= 4 is 41.0 Å². The largest absolute Gasteiger partial charge is 0.454 e. The van der Waals surface area contributed by atoms with Crippen LogP contribution >= 0.6 is 0 Å². The minimum absolute atomic E-state index is 0.216. The summed E-state index contributed by atoms with van der Waals surface area (Å²) in [6.45, 7) is 0.229. The lowest BCUT2D eigenvalue weighted by atomic mass is 10.1. The van der Waals surface area contributed by atoms with Crippen LogP contribution in [0.3, 0.4) is 0 Å². The lowest BCUT2D eigenvalue weighted by Gasteiger charge is -2.13. The number of imide groups is 1. The Morgan fingerprint density at radius 3 is 1.90 bits per heavy atom. The van der Waals surface area contributed by atoms with Crippen molar-refractivity contribution in [2.75, 3.05) is 23.8 Å². The van der Waals surface area contributed by atoms with Crippen molar-refractivity contribution in [2.45, 2.75) is 6.92 Å². The third kappa shape index (κ3) is 4.64. The molecule has 0 atom stereocenters. The molecule has 0 spiro atoms. The molecule has 0 aliphatic carbocycles. The molecule has 2 aromatic rings. The Balaban J connectivity index is 1.48. The molecular weight excluding hydrogens is 378 g/mol. The highest BCUT2D eigenvalue weighted by molar-refractivity contribution is 6.22. The van der Waals surface area contributed by atoms with E-state index in [1.165, 1.54) is 19.1 Å². The van der Waals surface area contributed by atoms with E-state index in [0.29, 0.717) is 11.4 Å². The number of anilines is 2. The van der Waals surface area contributed by atoms with Crippen LogP contribution in [0.25, 0.3) is 0 Å². The van der Waals surface area contributed by atoms with Gasteiger partial charge in [0.2, 0.25) is 5.91 Å². The van der Waals surface area contributed by atoms with E-state index in [1.807, 2.05) is 0 Å². The fraction of sp³-hybridized carbons (Fsp3) is 0.150. The van der Waals surface area contributed by atoms with Crippen LogP contribution in [0.2, 0.25) is 0 Å². The summed E-state index contributed by atoms with van der Waals surface area (Å²) in [7, 11) is 0. The fourth-order valence-corrected chi connectivity index (χ4v) is 2.74. The third-order valence-electron chi connectivity index (χ3n) is 4.02. The van der Waals surface area contributed by atoms with Gasteiger partial charge in [0.05, 0.1) is 11.1 Å². The average molecular weight is 395 g/mol. The van der Waals surface area contributed by atoms with Gasteiger partial charge < -0.3 is 15.4 Å². The molecule has 148 valence electrons. The van der Waals surface area contributed by atoms with Crippen molar-refractivity contribution in [2.24, 2.45) is 0 Å². The van der Waals surface area contributed by atoms with E-state index in [2.05, 4.69) is 10.6 Å². The lowest BCUT2D eigenvalue weighted by molar-refractivity contribution is -0.147. The van der Waals surface area contributed by atoms with Crippen molar-refractivity contribution in [1.82, 2.24) is 4.90 Å². The number of benzene rings is 2. The SMILES string of the molecule is CC(=O)Nc1ccc(NC(=O)COC(=O)CN2C(=O)c3ccccc3C2=O)cc1. The number of nitrogens with zero attached hydrogens (tertiary/aromatic N) is 1. The minimum atomic E-state index is -0.879. The topological polar surface area (TPSA) is 122 Å². The summed E-state index contributed by atoms with van der Waals surface area (Å²) in [6, 6.07) is 12.6. The van der Waals surface area contributed by atoms with Gasteiger partial charge in [-0.2, -0.15) is 0 Å². The van der Waals surface area contributed by atoms with Crippen molar-refractivity contribution in [3.63, 3.8) is 0 Å². The number of ether oxygens (including phenoxy) is 1. The Hall–Kier alpha value is -4.01. The van der Waals surface area contributed by atoms with Crippen LogP contribution in [0, 0.1) is 0 Å². The molecule has 3 rings (SSSR count). The summed E-state index contributed by atoms with van der Waals surface area (Å²) in [5.74, 6) is -2.84. The van der Waals surface area contributed by atoms with Gasteiger partial charge in [-0.1, -0.05) is 12.1 Å². The molecule has 1 aliphatic heterocycles. The fourth-order valence-electron chi connectivity index (χ4n) is 2.74. The molecule has 0 aromatic heterocycles. The Bertz CT molecular complexity index is 965. The first kappa shape index (κ1) is 19.7. The molecule has 2 aromatic carbocycles. The number of carbonyl (C=O) groups excluding carboxylic acids is 5. The quantitative estimate of drug-likeness (QED) is 0.564. The maximum Gasteiger partial charge on any atom is 0.326 e. The Morgan fingerprint density at radius 1 is 0.862 bits per heavy atom. The predicted octanol–water partition coefficient (Wildman–Crippen LogP) is 1.42. The van der Waals surface area contributed by atoms with Gasteiger partial charge in [0.15, 0.2) is 6.61 Å². The summed E-state index contributed by atoms with van der Waals surface area (Å²) >= 11 is 0. The second-order valence-electron chi connectivity index (χ2n) is 6.21. The number of amides is 4. The van der Waals surface area contributed by atoms with Crippen molar-refractivity contribution < 1.29 is 28.7 Å². The summed E-state index contributed by atoms with van der Waals surface area (Å²) in [5.41, 5.74) is 1.47. The zero-order valence-corrected chi connectivity index (χ0v) is 15.4. The number of fused-ring (bicyclic) bond motifs is 1. The van der Waals surface area contributed by atoms with E-state index in [4.69, 9.17) is 4.74 Å².